The molecule has 126 valence electrons. The van der Waals surface area contributed by atoms with E-state index in [1.807, 2.05) is 30.3 Å². The summed E-state index contributed by atoms with van der Waals surface area (Å²) in [6.07, 6.45) is 8.49. The van der Waals surface area contributed by atoms with Crippen LogP contribution in [0.3, 0.4) is 0 Å². The summed E-state index contributed by atoms with van der Waals surface area (Å²) in [5.41, 5.74) is 1.37. The van der Waals surface area contributed by atoms with Gasteiger partial charge in [-0.2, -0.15) is 0 Å². The third-order valence-electron chi connectivity index (χ3n) is 5.62. The van der Waals surface area contributed by atoms with Crippen LogP contribution in [0, 0.1) is 5.92 Å². The Morgan fingerprint density at radius 1 is 0.833 bits per heavy atom. The Bertz CT molecular complexity index is 652. The second kappa shape index (κ2) is 7.40. The van der Waals surface area contributed by atoms with Crippen molar-refractivity contribution < 1.29 is 4.74 Å². The molecule has 2 aliphatic rings. The molecule has 0 aromatic heterocycles. The zero-order chi connectivity index (χ0) is 16.2. The minimum absolute atomic E-state index is 0.811. The molecular formula is C22H27NO. The van der Waals surface area contributed by atoms with Crippen LogP contribution < -0.4 is 4.74 Å². The number of benzene rings is 2. The van der Waals surface area contributed by atoms with Gasteiger partial charge in [-0.25, -0.2) is 0 Å². The van der Waals surface area contributed by atoms with E-state index in [2.05, 4.69) is 29.2 Å². The normalized spacial score (nSPS) is 24.3. The SMILES string of the molecule is c1ccc(Oc2cccc(CN3CCC[C@@H]4CCCC[C@H]43)c2)cc1. The fraction of sp³-hybridized carbons (Fsp3) is 0.455. The first-order valence-corrected chi connectivity index (χ1v) is 9.44. The van der Waals surface area contributed by atoms with Crippen LogP contribution in [-0.4, -0.2) is 17.5 Å². The van der Waals surface area contributed by atoms with Crippen LogP contribution in [0.5, 0.6) is 11.5 Å². The summed E-state index contributed by atoms with van der Waals surface area (Å²) in [5.74, 6) is 2.78. The molecule has 1 saturated carbocycles. The summed E-state index contributed by atoms with van der Waals surface area (Å²) in [4.78, 5) is 2.73. The number of para-hydroxylation sites is 1. The van der Waals surface area contributed by atoms with E-state index < -0.39 is 0 Å². The fourth-order valence-corrected chi connectivity index (χ4v) is 4.49. The third-order valence-corrected chi connectivity index (χ3v) is 5.62. The summed E-state index contributed by atoms with van der Waals surface area (Å²) >= 11 is 0. The lowest BCUT2D eigenvalue weighted by Gasteiger charge is -2.44. The van der Waals surface area contributed by atoms with E-state index >= 15 is 0 Å². The van der Waals surface area contributed by atoms with Crippen molar-refractivity contribution in [2.24, 2.45) is 5.92 Å². The molecule has 1 saturated heterocycles. The van der Waals surface area contributed by atoms with E-state index in [9.17, 15) is 0 Å². The second-order valence-corrected chi connectivity index (χ2v) is 7.29. The van der Waals surface area contributed by atoms with Gasteiger partial charge in [0.15, 0.2) is 0 Å². The molecule has 0 N–H and O–H groups in total. The van der Waals surface area contributed by atoms with Gasteiger partial charge in [-0.1, -0.05) is 43.2 Å². The van der Waals surface area contributed by atoms with Crippen molar-refractivity contribution >= 4 is 0 Å². The van der Waals surface area contributed by atoms with E-state index in [1.165, 1.54) is 50.6 Å². The molecule has 1 heterocycles. The number of nitrogens with zero attached hydrogens (tertiary/aromatic N) is 1. The lowest BCUT2D eigenvalue weighted by atomic mass is 9.78. The van der Waals surface area contributed by atoms with Crippen LogP contribution in [0.4, 0.5) is 0 Å². The Hall–Kier alpha value is -1.80. The first-order valence-electron chi connectivity index (χ1n) is 9.44. The molecule has 1 aliphatic heterocycles. The van der Waals surface area contributed by atoms with Gasteiger partial charge in [-0.3, -0.25) is 4.90 Å². The maximum absolute atomic E-state index is 6.00. The lowest BCUT2D eigenvalue weighted by molar-refractivity contribution is 0.0547. The Morgan fingerprint density at radius 2 is 1.62 bits per heavy atom. The van der Waals surface area contributed by atoms with E-state index in [-0.39, 0.29) is 0 Å². The molecule has 24 heavy (non-hydrogen) atoms. The summed E-state index contributed by atoms with van der Waals surface area (Å²) < 4.78 is 6.00. The highest BCUT2D eigenvalue weighted by atomic mass is 16.5. The van der Waals surface area contributed by atoms with Crippen LogP contribution in [0.1, 0.15) is 44.1 Å². The van der Waals surface area contributed by atoms with E-state index in [0.29, 0.717) is 0 Å². The average molecular weight is 321 g/mol. The number of hydrogen-bond acceptors (Lipinski definition) is 2. The Kier molecular flexibility index (Phi) is 4.84. The number of hydrogen-bond donors (Lipinski definition) is 0. The highest BCUT2D eigenvalue weighted by molar-refractivity contribution is 5.33. The first-order chi connectivity index (χ1) is 11.9. The Labute approximate surface area is 145 Å². The minimum atomic E-state index is 0.811. The zero-order valence-corrected chi connectivity index (χ0v) is 14.4. The van der Waals surface area contributed by atoms with Crippen molar-refractivity contribution in [2.45, 2.75) is 51.1 Å². The van der Waals surface area contributed by atoms with Crippen LogP contribution in [0.2, 0.25) is 0 Å². The van der Waals surface area contributed by atoms with Gasteiger partial charge in [0.05, 0.1) is 0 Å². The molecule has 2 heteroatoms. The van der Waals surface area contributed by atoms with Gasteiger partial charge in [0, 0.05) is 12.6 Å². The molecule has 0 spiro atoms. The third kappa shape index (κ3) is 3.64. The van der Waals surface area contributed by atoms with E-state index in [1.54, 1.807) is 0 Å². The van der Waals surface area contributed by atoms with Crippen LogP contribution in [0.25, 0.3) is 0 Å². The molecule has 2 nitrogen and oxygen atoms in total. The quantitative estimate of drug-likeness (QED) is 0.723. The molecule has 2 aromatic carbocycles. The molecule has 4 rings (SSSR count). The van der Waals surface area contributed by atoms with Crippen molar-refractivity contribution in [2.75, 3.05) is 6.54 Å². The van der Waals surface area contributed by atoms with Crippen molar-refractivity contribution in [3.63, 3.8) is 0 Å². The fourth-order valence-electron chi connectivity index (χ4n) is 4.49. The van der Waals surface area contributed by atoms with Gasteiger partial charge >= 0.3 is 0 Å². The number of rotatable bonds is 4. The van der Waals surface area contributed by atoms with Gasteiger partial charge in [0.2, 0.25) is 0 Å². The number of likely N-dealkylation sites (tertiary alicyclic amines) is 1. The molecule has 0 amide bonds. The Balaban J connectivity index is 1.45. The van der Waals surface area contributed by atoms with Crippen molar-refractivity contribution in [3.8, 4) is 11.5 Å². The molecule has 2 aromatic rings. The van der Waals surface area contributed by atoms with Gasteiger partial charge in [-0.15, -0.1) is 0 Å². The van der Waals surface area contributed by atoms with Crippen LogP contribution >= 0.6 is 0 Å². The average Bonchev–Trinajstić information content (AvgIpc) is 2.63. The number of ether oxygens (including phenoxy) is 1. The summed E-state index contributed by atoms with van der Waals surface area (Å²) in [5, 5.41) is 0. The van der Waals surface area contributed by atoms with E-state index in [4.69, 9.17) is 4.74 Å². The number of piperidine rings is 1. The minimum Gasteiger partial charge on any atom is -0.457 e. The summed E-state index contributed by atoms with van der Waals surface area (Å²) in [7, 11) is 0. The molecular weight excluding hydrogens is 294 g/mol. The second-order valence-electron chi connectivity index (χ2n) is 7.29. The smallest absolute Gasteiger partial charge is 0.127 e. The monoisotopic (exact) mass is 321 g/mol. The van der Waals surface area contributed by atoms with Crippen molar-refractivity contribution in [1.82, 2.24) is 4.90 Å². The van der Waals surface area contributed by atoms with Gasteiger partial charge < -0.3 is 4.74 Å². The standard InChI is InChI=1S/C22H27NO/c1-2-11-20(12-3-1)24-21-13-6-8-18(16-21)17-23-15-7-10-19-9-4-5-14-22(19)23/h1-3,6,8,11-13,16,19,22H,4-5,7,9-10,14-15,17H2/t19-,22+/m0/s1. The first kappa shape index (κ1) is 15.7. The maximum Gasteiger partial charge on any atom is 0.127 e. The van der Waals surface area contributed by atoms with Gasteiger partial charge in [-0.05, 0) is 68.0 Å². The lowest BCUT2D eigenvalue weighted by Crippen LogP contribution is -2.46. The highest BCUT2D eigenvalue weighted by Gasteiger charge is 2.32. The summed E-state index contributed by atoms with van der Waals surface area (Å²) in [6.45, 7) is 2.32. The molecule has 0 unspecified atom stereocenters. The molecule has 0 bridgehead atoms. The summed E-state index contributed by atoms with van der Waals surface area (Å²) in [6, 6.07) is 19.5. The van der Waals surface area contributed by atoms with Crippen LogP contribution in [-0.2, 0) is 6.54 Å². The highest BCUT2D eigenvalue weighted by Crippen LogP contribution is 2.36. The topological polar surface area (TPSA) is 12.5 Å². The Morgan fingerprint density at radius 3 is 2.54 bits per heavy atom. The maximum atomic E-state index is 6.00. The molecule has 1 aliphatic carbocycles. The van der Waals surface area contributed by atoms with Gasteiger partial charge in [0.1, 0.15) is 11.5 Å². The largest absolute Gasteiger partial charge is 0.457 e. The van der Waals surface area contributed by atoms with E-state index in [0.717, 1.165) is 30.0 Å². The zero-order valence-electron chi connectivity index (χ0n) is 14.4. The predicted octanol–water partition coefficient (Wildman–Crippen LogP) is 5.63. The van der Waals surface area contributed by atoms with Crippen LogP contribution in [0.15, 0.2) is 54.6 Å². The van der Waals surface area contributed by atoms with Crippen molar-refractivity contribution in [1.29, 1.82) is 0 Å². The predicted molar refractivity (Wildman–Crippen MR) is 98.3 cm³/mol. The van der Waals surface area contributed by atoms with Gasteiger partial charge in [0.25, 0.3) is 0 Å². The molecule has 0 radical (unpaired) electrons. The van der Waals surface area contributed by atoms with Crippen molar-refractivity contribution in [3.05, 3.63) is 60.2 Å². The number of fused-ring (bicyclic) bond motifs is 1. The molecule has 2 fully saturated rings. The molecule has 2 atom stereocenters.